The monoisotopic (exact) mass is 417 g/mol. The number of nitrogens with zero attached hydrogens (tertiary/aromatic N) is 5. The van der Waals surface area contributed by atoms with Gasteiger partial charge in [-0.05, 0) is 74.2 Å². The van der Waals surface area contributed by atoms with Gasteiger partial charge in [0.05, 0.1) is 16.6 Å². The van der Waals surface area contributed by atoms with Crippen molar-refractivity contribution in [1.82, 2.24) is 24.8 Å². The number of amides is 2. The quantitative estimate of drug-likeness (QED) is 0.552. The van der Waals surface area contributed by atoms with E-state index in [0.717, 1.165) is 49.8 Å². The lowest BCUT2D eigenvalue weighted by molar-refractivity contribution is 0.0599. The summed E-state index contributed by atoms with van der Waals surface area (Å²) in [7, 11) is 0. The number of hydrogen-bond donors (Lipinski definition) is 0. The van der Waals surface area contributed by atoms with Gasteiger partial charge in [0.15, 0.2) is 0 Å². The topological polar surface area (TPSA) is 71.3 Å². The van der Waals surface area contributed by atoms with E-state index in [1.54, 1.807) is 4.68 Å². The van der Waals surface area contributed by atoms with Gasteiger partial charge in [-0.15, -0.1) is 5.10 Å². The number of para-hydroxylation sites is 1. The SMILES string of the molecule is CCCN(CCC)C1Cc2cc3c(cc2C1)C(=O)N(Cn1nnc2ccccc21)C3=O. The number of aromatic nitrogens is 3. The first-order valence-corrected chi connectivity index (χ1v) is 11.1. The molecule has 0 saturated heterocycles. The van der Waals surface area contributed by atoms with E-state index in [0.29, 0.717) is 17.2 Å². The molecule has 0 saturated carbocycles. The second-order valence-electron chi connectivity index (χ2n) is 8.52. The van der Waals surface area contributed by atoms with Crippen molar-refractivity contribution < 1.29 is 9.59 Å². The molecule has 3 aromatic rings. The highest BCUT2D eigenvalue weighted by Crippen LogP contribution is 2.33. The zero-order chi connectivity index (χ0) is 21.5. The van der Waals surface area contributed by atoms with Crippen LogP contribution in [0, 0.1) is 0 Å². The van der Waals surface area contributed by atoms with Crippen LogP contribution in [-0.4, -0.2) is 55.7 Å². The van der Waals surface area contributed by atoms with Crippen LogP contribution in [0.3, 0.4) is 0 Å². The van der Waals surface area contributed by atoms with Crippen molar-refractivity contribution in [3.05, 3.63) is 58.7 Å². The fourth-order valence-electron chi connectivity index (χ4n) is 4.98. The molecular weight excluding hydrogens is 390 g/mol. The molecule has 7 heteroatoms. The predicted molar refractivity (Wildman–Crippen MR) is 118 cm³/mol. The Morgan fingerprint density at radius 1 is 0.968 bits per heavy atom. The average Bonchev–Trinajstić information content (AvgIpc) is 3.44. The Morgan fingerprint density at radius 3 is 2.19 bits per heavy atom. The third-order valence-corrected chi connectivity index (χ3v) is 6.44. The third-order valence-electron chi connectivity index (χ3n) is 6.44. The van der Waals surface area contributed by atoms with Crippen LogP contribution < -0.4 is 0 Å². The smallest absolute Gasteiger partial charge is 0.263 e. The molecule has 1 aliphatic carbocycles. The van der Waals surface area contributed by atoms with Crippen LogP contribution in [-0.2, 0) is 19.5 Å². The largest absolute Gasteiger partial charge is 0.300 e. The van der Waals surface area contributed by atoms with E-state index < -0.39 is 0 Å². The van der Waals surface area contributed by atoms with E-state index in [4.69, 9.17) is 0 Å². The van der Waals surface area contributed by atoms with Crippen LogP contribution in [0.5, 0.6) is 0 Å². The molecular formula is C24H27N5O2. The van der Waals surface area contributed by atoms with E-state index in [1.165, 1.54) is 16.0 Å². The van der Waals surface area contributed by atoms with Crippen molar-refractivity contribution in [2.45, 2.75) is 52.2 Å². The van der Waals surface area contributed by atoms with E-state index in [-0.39, 0.29) is 18.5 Å². The molecule has 1 aromatic heterocycles. The van der Waals surface area contributed by atoms with Gasteiger partial charge in [-0.3, -0.25) is 19.4 Å². The molecule has 0 fully saturated rings. The minimum Gasteiger partial charge on any atom is -0.300 e. The zero-order valence-electron chi connectivity index (χ0n) is 18.0. The Balaban J connectivity index is 1.39. The predicted octanol–water partition coefficient (Wildman–Crippen LogP) is 3.27. The maximum Gasteiger partial charge on any atom is 0.263 e. The summed E-state index contributed by atoms with van der Waals surface area (Å²) in [5.41, 5.74) is 4.99. The third kappa shape index (κ3) is 3.33. The van der Waals surface area contributed by atoms with E-state index in [9.17, 15) is 9.59 Å². The summed E-state index contributed by atoms with van der Waals surface area (Å²) in [4.78, 5) is 30.1. The van der Waals surface area contributed by atoms with Gasteiger partial charge in [-0.1, -0.05) is 31.2 Å². The van der Waals surface area contributed by atoms with Crippen molar-refractivity contribution >= 4 is 22.8 Å². The van der Waals surface area contributed by atoms with Crippen molar-refractivity contribution in [3.8, 4) is 0 Å². The molecule has 0 bridgehead atoms. The summed E-state index contributed by atoms with van der Waals surface area (Å²) in [5, 5.41) is 8.26. The molecule has 7 nitrogen and oxygen atoms in total. The Bertz CT molecular complexity index is 1120. The van der Waals surface area contributed by atoms with E-state index in [1.807, 2.05) is 36.4 Å². The van der Waals surface area contributed by atoms with Gasteiger partial charge in [0.1, 0.15) is 12.2 Å². The lowest BCUT2D eigenvalue weighted by atomic mass is 10.0. The number of hydrogen-bond acceptors (Lipinski definition) is 5. The summed E-state index contributed by atoms with van der Waals surface area (Å²) in [6.07, 6.45) is 4.15. The van der Waals surface area contributed by atoms with Crippen LogP contribution >= 0.6 is 0 Å². The molecule has 0 spiro atoms. The van der Waals surface area contributed by atoms with Crippen LogP contribution in [0.15, 0.2) is 36.4 Å². The average molecular weight is 418 g/mol. The van der Waals surface area contributed by atoms with Crippen LogP contribution in [0.25, 0.3) is 11.0 Å². The van der Waals surface area contributed by atoms with Gasteiger partial charge in [0, 0.05) is 6.04 Å². The Hall–Kier alpha value is -3.06. The highest BCUT2D eigenvalue weighted by atomic mass is 16.2. The Kier molecular flexibility index (Phi) is 5.06. The summed E-state index contributed by atoms with van der Waals surface area (Å²) in [5.74, 6) is -0.491. The summed E-state index contributed by atoms with van der Waals surface area (Å²) in [6.45, 7) is 6.67. The summed E-state index contributed by atoms with van der Waals surface area (Å²) < 4.78 is 1.61. The molecule has 0 N–H and O–H groups in total. The van der Waals surface area contributed by atoms with Crippen molar-refractivity contribution in [2.75, 3.05) is 13.1 Å². The first kappa shape index (κ1) is 19.9. The van der Waals surface area contributed by atoms with E-state index in [2.05, 4.69) is 29.1 Å². The van der Waals surface area contributed by atoms with Gasteiger partial charge in [-0.2, -0.15) is 0 Å². The highest BCUT2D eigenvalue weighted by Gasteiger charge is 2.38. The first-order chi connectivity index (χ1) is 15.1. The molecule has 31 heavy (non-hydrogen) atoms. The molecule has 0 unspecified atom stereocenters. The van der Waals surface area contributed by atoms with E-state index >= 15 is 0 Å². The second kappa shape index (κ2) is 7.89. The molecule has 2 heterocycles. The molecule has 160 valence electrons. The number of fused-ring (bicyclic) bond motifs is 3. The lowest BCUT2D eigenvalue weighted by Crippen LogP contribution is -2.37. The maximum absolute atomic E-state index is 13.1. The normalized spacial score (nSPS) is 16.0. The Labute approximate surface area is 181 Å². The molecule has 2 aromatic carbocycles. The van der Waals surface area contributed by atoms with Gasteiger partial charge < -0.3 is 0 Å². The number of rotatable bonds is 7. The standard InChI is InChI=1S/C24H27N5O2/c1-3-9-27(10-4-2)18-11-16-13-19-20(14-17(16)12-18)24(31)28(23(19)30)15-29-22-8-6-5-7-21(22)25-26-29/h5-8,13-14,18H,3-4,9-12,15H2,1-2H3. The lowest BCUT2D eigenvalue weighted by Gasteiger charge is -2.27. The number of carbonyl (C=O) groups is 2. The minimum atomic E-state index is -0.246. The van der Waals surface area contributed by atoms with Crippen molar-refractivity contribution in [2.24, 2.45) is 0 Å². The number of benzene rings is 2. The Morgan fingerprint density at radius 2 is 1.58 bits per heavy atom. The second-order valence-corrected chi connectivity index (χ2v) is 8.52. The molecule has 2 aliphatic rings. The molecule has 1 aliphatic heterocycles. The summed E-state index contributed by atoms with van der Waals surface area (Å²) in [6, 6.07) is 11.9. The highest BCUT2D eigenvalue weighted by molar-refractivity contribution is 6.21. The van der Waals surface area contributed by atoms with Gasteiger partial charge in [0.2, 0.25) is 0 Å². The summed E-state index contributed by atoms with van der Waals surface area (Å²) >= 11 is 0. The van der Waals surface area contributed by atoms with Crippen molar-refractivity contribution in [1.29, 1.82) is 0 Å². The van der Waals surface area contributed by atoms with Crippen LogP contribution in [0.1, 0.15) is 58.5 Å². The van der Waals surface area contributed by atoms with Gasteiger partial charge in [0.25, 0.3) is 11.8 Å². The fraction of sp³-hybridized carbons (Fsp3) is 0.417. The van der Waals surface area contributed by atoms with Crippen LogP contribution in [0.2, 0.25) is 0 Å². The molecule has 2 amide bonds. The fourth-order valence-corrected chi connectivity index (χ4v) is 4.98. The minimum absolute atomic E-state index is 0.0704. The molecule has 5 rings (SSSR count). The maximum atomic E-state index is 13.1. The molecule has 0 radical (unpaired) electrons. The van der Waals surface area contributed by atoms with Crippen LogP contribution in [0.4, 0.5) is 0 Å². The van der Waals surface area contributed by atoms with Crippen molar-refractivity contribution in [3.63, 3.8) is 0 Å². The first-order valence-electron chi connectivity index (χ1n) is 11.1. The number of imide groups is 1. The van der Waals surface area contributed by atoms with Gasteiger partial charge in [-0.25, -0.2) is 4.68 Å². The van der Waals surface area contributed by atoms with Gasteiger partial charge >= 0.3 is 0 Å². The number of carbonyl (C=O) groups excluding carboxylic acids is 2. The molecule has 0 atom stereocenters. The zero-order valence-corrected chi connectivity index (χ0v) is 18.0.